The minimum atomic E-state index is 0.0672. The third-order valence-electron chi connectivity index (χ3n) is 2.30. The molecule has 0 saturated heterocycles. The molecule has 1 heterocycles. The van der Waals surface area contributed by atoms with Gasteiger partial charge in [0.2, 0.25) is 5.91 Å². The first-order valence-corrected chi connectivity index (χ1v) is 5.01. The number of benzene rings is 1. The SMILES string of the molecule is NC(=S)Nc1ccc2c(c1)CNC(=O)C2. The van der Waals surface area contributed by atoms with Crippen molar-refractivity contribution in [1.82, 2.24) is 5.32 Å². The highest BCUT2D eigenvalue weighted by atomic mass is 32.1. The molecule has 0 saturated carbocycles. The van der Waals surface area contributed by atoms with Crippen molar-refractivity contribution in [2.45, 2.75) is 13.0 Å². The molecule has 1 amide bonds. The Morgan fingerprint density at radius 1 is 1.47 bits per heavy atom. The molecule has 0 radical (unpaired) electrons. The Hall–Kier alpha value is -1.62. The van der Waals surface area contributed by atoms with Gasteiger partial charge in [0.1, 0.15) is 0 Å². The number of carbonyl (C=O) groups excluding carboxylic acids is 1. The maximum absolute atomic E-state index is 11.1. The number of thiocarbonyl (C=S) groups is 1. The van der Waals surface area contributed by atoms with E-state index in [2.05, 4.69) is 10.6 Å². The van der Waals surface area contributed by atoms with E-state index in [0.717, 1.165) is 16.8 Å². The van der Waals surface area contributed by atoms with Crippen LogP contribution in [0.5, 0.6) is 0 Å². The van der Waals surface area contributed by atoms with Crippen LogP contribution in [0, 0.1) is 0 Å². The number of amides is 1. The van der Waals surface area contributed by atoms with Crippen LogP contribution in [0.1, 0.15) is 11.1 Å². The predicted molar refractivity (Wildman–Crippen MR) is 62.4 cm³/mol. The van der Waals surface area contributed by atoms with Crippen LogP contribution in [0.25, 0.3) is 0 Å². The molecule has 1 aromatic carbocycles. The Kier molecular flexibility index (Phi) is 2.55. The van der Waals surface area contributed by atoms with Crippen molar-refractivity contribution in [2.24, 2.45) is 5.73 Å². The van der Waals surface area contributed by atoms with E-state index in [9.17, 15) is 4.79 Å². The second-order valence-electron chi connectivity index (χ2n) is 3.43. The molecule has 15 heavy (non-hydrogen) atoms. The largest absolute Gasteiger partial charge is 0.376 e. The van der Waals surface area contributed by atoms with Crippen LogP contribution in [-0.4, -0.2) is 11.0 Å². The third-order valence-corrected chi connectivity index (χ3v) is 2.40. The maximum atomic E-state index is 11.1. The summed E-state index contributed by atoms with van der Waals surface area (Å²) in [5.74, 6) is 0.0672. The summed E-state index contributed by atoms with van der Waals surface area (Å²) in [6.07, 6.45) is 0.447. The Balaban J connectivity index is 2.26. The van der Waals surface area contributed by atoms with Crippen LogP contribution < -0.4 is 16.4 Å². The van der Waals surface area contributed by atoms with E-state index in [4.69, 9.17) is 18.0 Å². The fraction of sp³-hybridized carbons (Fsp3) is 0.200. The summed E-state index contributed by atoms with van der Waals surface area (Å²) < 4.78 is 0. The Bertz CT molecular complexity index is 431. The van der Waals surface area contributed by atoms with Crippen molar-refractivity contribution >= 4 is 28.9 Å². The number of anilines is 1. The van der Waals surface area contributed by atoms with Crippen LogP contribution in [0.15, 0.2) is 18.2 Å². The first-order valence-electron chi connectivity index (χ1n) is 4.60. The number of carbonyl (C=O) groups is 1. The van der Waals surface area contributed by atoms with Crippen LogP contribution in [0.2, 0.25) is 0 Å². The molecule has 1 aliphatic heterocycles. The lowest BCUT2D eigenvalue weighted by Crippen LogP contribution is -2.30. The number of hydrogen-bond donors (Lipinski definition) is 3. The zero-order valence-corrected chi connectivity index (χ0v) is 8.86. The van der Waals surface area contributed by atoms with Crippen LogP contribution in [-0.2, 0) is 17.8 Å². The average molecular weight is 221 g/mol. The third kappa shape index (κ3) is 2.24. The molecule has 4 nitrogen and oxygen atoms in total. The highest BCUT2D eigenvalue weighted by Crippen LogP contribution is 2.19. The normalized spacial score (nSPS) is 14.0. The van der Waals surface area contributed by atoms with Gasteiger partial charge >= 0.3 is 0 Å². The van der Waals surface area contributed by atoms with E-state index in [1.165, 1.54) is 0 Å². The van der Waals surface area contributed by atoms with Crippen molar-refractivity contribution in [3.8, 4) is 0 Å². The molecule has 1 aliphatic rings. The molecule has 78 valence electrons. The molecule has 0 fully saturated rings. The Morgan fingerprint density at radius 2 is 2.27 bits per heavy atom. The summed E-state index contributed by atoms with van der Waals surface area (Å²) in [7, 11) is 0. The van der Waals surface area contributed by atoms with Gasteiger partial charge in [0.15, 0.2) is 5.11 Å². The van der Waals surface area contributed by atoms with Crippen molar-refractivity contribution in [3.63, 3.8) is 0 Å². The van der Waals surface area contributed by atoms with Gasteiger partial charge in [-0.25, -0.2) is 0 Å². The average Bonchev–Trinajstić information content (AvgIpc) is 2.17. The van der Waals surface area contributed by atoms with Gasteiger partial charge in [-0.2, -0.15) is 0 Å². The summed E-state index contributed by atoms with van der Waals surface area (Å²) in [6, 6.07) is 5.75. The van der Waals surface area contributed by atoms with Crippen LogP contribution >= 0.6 is 12.2 Å². The molecule has 0 bridgehead atoms. The molecular formula is C10H11N3OS. The minimum Gasteiger partial charge on any atom is -0.376 e. The van der Waals surface area contributed by atoms with Gasteiger partial charge in [-0.05, 0) is 35.5 Å². The Labute approximate surface area is 92.8 Å². The second kappa shape index (κ2) is 3.86. The molecule has 4 N–H and O–H groups in total. The van der Waals surface area contributed by atoms with E-state index >= 15 is 0 Å². The van der Waals surface area contributed by atoms with E-state index < -0.39 is 0 Å². The number of hydrogen-bond acceptors (Lipinski definition) is 2. The number of nitrogens with two attached hydrogens (primary N) is 1. The molecule has 1 aromatic rings. The number of rotatable bonds is 1. The van der Waals surface area contributed by atoms with E-state index in [-0.39, 0.29) is 11.0 Å². The zero-order chi connectivity index (χ0) is 10.8. The first-order chi connectivity index (χ1) is 7.15. The lowest BCUT2D eigenvalue weighted by Gasteiger charge is -2.17. The lowest BCUT2D eigenvalue weighted by molar-refractivity contribution is -0.121. The van der Waals surface area contributed by atoms with Crippen molar-refractivity contribution in [3.05, 3.63) is 29.3 Å². The molecule has 5 heteroatoms. The van der Waals surface area contributed by atoms with Crippen molar-refractivity contribution < 1.29 is 4.79 Å². The lowest BCUT2D eigenvalue weighted by atomic mass is 10.00. The molecule has 0 aliphatic carbocycles. The fourth-order valence-corrected chi connectivity index (χ4v) is 1.73. The zero-order valence-electron chi connectivity index (χ0n) is 8.04. The van der Waals surface area contributed by atoms with Crippen molar-refractivity contribution in [1.29, 1.82) is 0 Å². The standard InChI is InChI=1S/C10H11N3OS/c11-10(15)13-8-2-1-6-4-9(14)12-5-7(6)3-8/h1-3H,4-5H2,(H,12,14)(H3,11,13,15). The molecule has 0 aromatic heterocycles. The monoisotopic (exact) mass is 221 g/mol. The smallest absolute Gasteiger partial charge is 0.224 e. The fourth-order valence-electron chi connectivity index (χ4n) is 1.61. The van der Waals surface area contributed by atoms with Gasteiger partial charge in [-0.15, -0.1) is 0 Å². The van der Waals surface area contributed by atoms with E-state index in [1.54, 1.807) is 0 Å². The Morgan fingerprint density at radius 3 is 3.00 bits per heavy atom. The van der Waals surface area contributed by atoms with E-state index in [0.29, 0.717) is 13.0 Å². The van der Waals surface area contributed by atoms with Gasteiger partial charge < -0.3 is 16.4 Å². The molecule has 2 rings (SSSR count). The number of nitrogens with one attached hydrogen (secondary N) is 2. The summed E-state index contributed by atoms with van der Waals surface area (Å²) in [5.41, 5.74) is 8.40. The summed E-state index contributed by atoms with van der Waals surface area (Å²) in [5, 5.41) is 5.90. The molecule has 0 spiro atoms. The summed E-state index contributed by atoms with van der Waals surface area (Å²) in [4.78, 5) is 11.1. The molecule has 0 unspecified atom stereocenters. The predicted octanol–water partition coefficient (Wildman–Crippen LogP) is 0.514. The van der Waals surface area contributed by atoms with Gasteiger partial charge in [0.25, 0.3) is 0 Å². The van der Waals surface area contributed by atoms with Gasteiger partial charge in [-0.3, -0.25) is 4.79 Å². The van der Waals surface area contributed by atoms with Gasteiger partial charge in [-0.1, -0.05) is 6.07 Å². The number of fused-ring (bicyclic) bond motifs is 1. The molecule has 0 atom stereocenters. The minimum absolute atomic E-state index is 0.0672. The van der Waals surface area contributed by atoms with Crippen LogP contribution in [0.3, 0.4) is 0 Å². The quantitative estimate of drug-likeness (QED) is 0.605. The topological polar surface area (TPSA) is 67.2 Å². The van der Waals surface area contributed by atoms with Gasteiger partial charge in [0, 0.05) is 12.2 Å². The first kappa shape index (κ1) is 9.92. The molecular weight excluding hydrogens is 210 g/mol. The van der Waals surface area contributed by atoms with E-state index in [1.807, 2.05) is 18.2 Å². The van der Waals surface area contributed by atoms with Crippen molar-refractivity contribution in [2.75, 3.05) is 5.32 Å². The second-order valence-corrected chi connectivity index (χ2v) is 3.87. The summed E-state index contributed by atoms with van der Waals surface area (Å²) >= 11 is 4.75. The summed E-state index contributed by atoms with van der Waals surface area (Å²) in [6.45, 7) is 0.570. The highest BCUT2D eigenvalue weighted by molar-refractivity contribution is 7.80. The van der Waals surface area contributed by atoms with Crippen LogP contribution in [0.4, 0.5) is 5.69 Å². The van der Waals surface area contributed by atoms with Gasteiger partial charge in [0.05, 0.1) is 6.42 Å². The highest BCUT2D eigenvalue weighted by Gasteiger charge is 2.14. The maximum Gasteiger partial charge on any atom is 0.224 e.